The lowest BCUT2D eigenvalue weighted by atomic mass is 10.4. The van der Waals surface area contributed by atoms with Crippen LogP contribution in [0, 0.1) is 0 Å². The summed E-state index contributed by atoms with van der Waals surface area (Å²) in [6.07, 6.45) is -2.39. The van der Waals surface area contributed by atoms with Crippen molar-refractivity contribution in [3.63, 3.8) is 0 Å². The van der Waals surface area contributed by atoms with Crippen molar-refractivity contribution >= 4 is 5.91 Å². The van der Waals surface area contributed by atoms with Crippen LogP contribution in [0.2, 0.25) is 0 Å². The Morgan fingerprint density at radius 2 is 2.20 bits per heavy atom. The second kappa shape index (κ2) is 5.10. The lowest BCUT2D eigenvalue weighted by Gasteiger charge is -2.00. The summed E-state index contributed by atoms with van der Waals surface area (Å²) in [6, 6.07) is 0. The second-order valence-corrected chi connectivity index (χ2v) is 1.73. The van der Waals surface area contributed by atoms with Crippen molar-refractivity contribution < 1.29 is 13.6 Å². The third-order valence-corrected chi connectivity index (χ3v) is 0.878. The minimum atomic E-state index is -2.92. The maximum Gasteiger partial charge on any atom is 0.315 e. The van der Waals surface area contributed by atoms with Gasteiger partial charge in [0.2, 0.25) is 0 Å². The van der Waals surface area contributed by atoms with E-state index in [2.05, 4.69) is 0 Å². The molecule has 3 N–H and O–H groups in total. The normalized spacial score (nSPS) is 10.0. The molecule has 0 saturated carbocycles. The Labute approximate surface area is 57.6 Å². The molecule has 0 saturated heterocycles. The van der Waals surface area contributed by atoms with Crippen molar-refractivity contribution in [2.45, 2.75) is 12.8 Å². The molecular weight excluding hydrogens is 142 g/mol. The van der Waals surface area contributed by atoms with Crippen LogP contribution in [-0.2, 0) is 4.79 Å². The predicted molar refractivity (Wildman–Crippen MR) is 32.7 cm³/mol. The largest absolute Gasteiger partial charge is 0.351 e. The monoisotopic (exact) mass is 152 g/mol. The maximum absolute atomic E-state index is 11.4. The van der Waals surface area contributed by atoms with E-state index < -0.39 is 12.3 Å². The summed E-state index contributed by atoms with van der Waals surface area (Å²) in [7, 11) is 0. The third-order valence-electron chi connectivity index (χ3n) is 0.878. The number of alkyl halides is 2. The van der Waals surface area contributed by atoms with Crippen molar-refractivity contribution in [1.29, 1.82) is 0 Å². The van der Waals surface area contributed by atoms with Gasteiger partial charge < -0.3 is 11.1 Å². The third kappa shape index (κ3) is 4.20. The van der Waals surface area contributed by atoms with Gasteiger partial charge in [0.15, 0.2) is 0 Å². The molecule has 0 aromatic rings. The van der Waals surface area contributed by atoms with E-state index in [9.17, 15) is 13.6 Å². The first kappa shape index (κ1) is 9.29. The van der Waals surface area contributed by atoms with Gasteiger partial charge >= 0.3 is 6.43 Å². The molecule has 0 spiro atoms. The summed E-state index contributed by atoms with van der Waals surface area (Å²) in [5.74, 6) is -1.23. The van der Waals surface area contributed by atoms with Crippen LogP contribution >= 0.6 is 0 Å². The van der Waals surface area contributed by atoms with Gasteiger partial charge in [0.25, 0.3) is 5.91 Å². The molecule has 0 atom stereocenters. The Bertz CT molecular complexity index is 108. The summed E-state index contributed by atoms with van der Waals surface area (Å²) in [5.41, 5.74) is 5.05. The molecule has 3 nitrogen and oxygen atoms in total. The number of amides is 1. The van der Waals surface area contributed by atoms with E-state index in [1.165, 1.54) is 0 Å². The van der Waals surface area contributed by atoms with Crippen LogP contribution in [0.25, 0.3) is 0 Å². The number of halogens is 2. The zero-order valence-electron chi connectivity index (χ0n) is 5.44. The Balaban J connectivity index is 3.22. The van der Waals surface area contributed by atoms with Gasteiger partial charge in [0.05, 0.1) is 0 Å². The van der Waals surface area contributed by atoms with Gasteiger partial charge in [0.1, 0.15) is 0 Å². The highest BCUT2D eigenvalue weighted by atomic mass is 19.3. The van der Waals surface area contributed by atoms with E-state index in [1.54, 1.807) is 0 Å². The first-order valence-electron chi connectivity index (χ1n) is 2.94. The Kier molecular flexibility index (Phi) is 4.74. The van der Waals surface area contributed by atoms with Crippen molar-refractivity contribution in [2.75, 3.05) is 13.1 Å². The van der Waals surface area contributed by atoms with Gasteiger partial charge in [-0.3, -0.25) is 4.79 Å². The summed E-state index contributed by atoms with van der Waals surface area (Å²) < 4.78 is 22.8. The SMILES string of the molecule is NCCCNC(=O)C(F)F. The summed E-state index contributed by atoms with van der Waals surface area (Å²) >= 11 is 0. The highest BCUT2D eigenvalue weighted by Gasteiger charge is 2.12. The fraction of sp³-hybridized carbons (Fsp3) is 0.800. The number of nitrogens with two attached hydrogens (primary N) is 1. The average Bonchev–Trinajstić information content (AvgIpc) is 1.88. The highest BCUT2D eigenvalue weighted by Crippen LogP contribution is 1.89. The molecule has 0 rings (SSSR count). The van der Waals surface area contributed by atoms with Crippen LogP contribution < -0.4 is 11.1 Å². The van der Waals surface area contributed by atoms with Crippen molar-refractivity contribution in [2.24, 2.45) is 5.73 Å². The van der Waals surface area contributed by atoms with Crippen LogP contribution in [0.15, 0.2) is 0 Å². The molecule has 1 amide bonds. The molecule has 60 valence electrons. The van der Waals surface area contributed by atoms with Gasteiger partial charge in [-0.15, -0.1) is 0 Å². The number of hydrogen-bond acceptors (Lipinski definition) is 2. The first-order chi connectivity index (χ1) is 4.68. The molecule has 0 unspecified atom stereocenters. The fourth-order valence-corrected chi connectivity index (χ4v) is 0.391. The van der Waals surface area contributed by atoms with E-state index in [0.717, 1.165) is 0 Å². The lowest BCUT2D eigenvalue weighted by Crippen LogP contribution is -2.31. The van der Waals surface area contributed by atoms with E-state index in [-0.39, 0.29) is 6.54 Å². The molecule has 10 heavy (non-hydrogen) atoms. The molecule has 0 aromatic carbocycles. The quantitative estimate of drug-likeness (QED) is 0.544. The molecule has 0 aliphatic carbocycles. The van der Waals surface area contributed by atoms with Crippen LogP contribution in [0.1, 0.15) is 6.42 Å². The Morgan fingerprint density at radius 3 is 2.60 bits per heavy atom. The zero-order chi connectivity index (χ0) is 7.98. The minimum absolute atomic E-state index is 0.222. The van der Waals surface area contributed by atoms with Crippen molar-refractivity contribution in [1.82, 2.24) is 5.32 Å². The molecule has 0 aliphatic heterocycles. The summed E-state index contributed by atoms with van der Waals surface area (Å²) in [5, 5.41) is 2.01. The Hall–Kier alpha value is -0.710. The summed E-state index contributed by atoms with van der Waals surface area (Å²) in [6.45, 7) is 0.614. The molecule has 0 fully saturated rings. The maximum atomic E-state index is 11.4. The van der Waals surface area contributed by atoms with E-state index >= 15 is 0 Å². The highest BCUT2D eigenvalue weighted by molar-refractivity contribution is 5.78. The number of nitrogens with one attached hydrogen (secondary N) is 1. The summed E-state index contributed by atoms with van der Waals surface area (Å²) in [4.78, 5) is 10.1. The predicted octanol–water partition coefficient (Wildman–Crippen LogP) is -0.284. The molecule has 5 heteroatoms. The minimum Gasteiger partial charge on any atom is -0.351 e. The van der Waals surface area contributed by atoms with E-state index in [4.69, 9.17) is 5.73 Å². The fourth-order valence-electron chi connectivity index (χ4n) is 0.391. The van der Waals surface area contributed by atoms with Crippen molar-refractivity contribution in [3.8, 4) is 0 Å². The van der Waals surface area contributed by atoms with Gasteiger partial charge in [0, 0.05) is 6.54 Å². The number of carbonyl (C=O) groups is 1. The molecular formula is C5H10F2N2O. The number of carbonyl (C=O) groups excluding carboxylic acids is 1. The lowest BCUT2D eigenvalue weighted by molar-refractivity contribution is -0.131. The topological polar surface area (TPSA) is 55.1 Å². The molecule has 0 aromatic heterocycles. The zero-order valence-corrected chi connectivity index (χ0v) is 5.44. The van der Waals surface area contributed by atoms with Crippen LogP contribution in [0.5, 0.6) is 0 Å². The van der Waals surface area contributed by atoms with E-state index in [1.807, 2.05) is 5.32 Å². The standard InChI is InChI=1S/C5H10F2N2O/c6-4(7)5(10)9-3-1-2-8/h4H,1-3,8H2,(H,9,10). The van der Waals surface area contributed by atoms with Crippen LogP contribution in [-0.4, -0.2) is 25.4 Å². The van der Waals surface area contributed by atoms with Gasteiger partial charge in [-0.2, -0.15) is 8.78 Å². The van der Waals surface area contributed by atoms with Gasteiger partial charge in [-0.1, -0.05) is 0 Å². The van der Waals surface area contributed by atoms with Crippen molar-refractivity contribution in [3.05, 3.63) is 0 Å². The number of hydrogen-bond donors (Lipinski definition) is 2. The van der Waals surface area contributed by atoms with Crippen LogP contribution in [0.4, 0.5) is 8.78 Å². The average molecular weight is 152 g/mol. The van der Waals surface area contributed by atoms with Crippen LogP contribution in [0.3, 0.4) is 0 Å². The Morgan fingerprint density at radius 1 is 1.60 bits per heavy atom. The molecule has 0 radical (unpaired) electrons. The first-order valence-corrected chi connectivity index (χ1v) is 2.94. The molecule has 0 bridgehead atoms. The second-order valence-electron chi connectivity index (χ2n) is 1.73. The molecule has 0 heterocycles. The van der Waals surface area contributed by atoms with Gasteiger partial charge in [-0.25, -0.2) is 0 Å². The number of rotatable bonds is 4. The van der Waals surface area contributed by atoms with Gasteiger partial charge in [-0.05, 0) is 13.0 Å². The molecule has 0 aliphatic rings. The smallest absolute Gasteiger partial charge is 0.315 e. The van der Waals surface area contributed by atoms with E-state index in [0.29, 0.717) is 13.0 Å².